The predicted molar refractivity (Wildman–Crippen MR) is 110 cm³/mol. The average Bonchev–Trinajstić information content (AvgIpc) is 3.33. The molecule has 4 rings (SSSR count). The third kappa shape index (κ3) is 3.20. The minimum absolute atomic E-state index is 0.0387. The summed E-state index contributed by atoms with van der Waals surface area (Å²) in [4.78, 5) is 28.3. The first-order chi connectivity index (χ1) is 13.6. The highest BCUT2D eigenvalue weighted by Gasteiger charge is 2.25. The molecule has 0 radical (unpaired) electrons. The van der Waals surface area contributed by atoms with Gasteiger partial charge >= 0.3 is 0 Å². The summed E-state index contributed by atoms with van der Waals surface area (Å²) >= 11 is 0. The monoisotopic (exact) mass is 381 g/mol. The van der Waals surface area contributed by atoms with Gasteiger partial charge in [-0.25, -0.2) is 4.68 Å². The van der Waals surface area contributed by atoms with Gasteiger partial charge in [-0.3, -0.25) is 9.59 Å². The number of benzene rings is 1. The summed E-state index contributed by atoms with van der Waals surface area (Å²) in [5.41, 5.74) is 1.25. The van der Waals surface area contributed by atoms with Crippen LogP contribution in [-0.4, -0.2) is 51.3 Å². The zero-order chi connectivity index (χ0) is 19.7. The molecule has 1 amide bonds. The second-order valence-corrected chi connectivity index (χ2v) is 7.49. The number of aromatic nitrogens is 3. The van der Waals surface area contributed by atoms with Gasteiger partial charge in [0.15, 0.2) is 0 Å². The lowest BCUT2D eigenvalue weighted by Crippen LogP contribution is -2.38. The molecule has 0 saturated carbocycles. The van der Waals surface area contributed by atoms with E-state index < -0.39 is 6.04 Å². The van der Waals surface area contributed by atoms with Gasteiger partial charge in [0.1, 0.15) is 11.6 Å². The normalized spacial score (nSPS) is 16.1. The van der Waals surface area contributed by atoms with E-state index in [-0.39, 0.29) is 11.5 Å². The van der Waals surface area contributed by atoms with Crippen molar-refractivity contribution in [2.24, 2.45) is 7.05 Å². The Hall–Kier alpha value is -2.67. The van der Waals surface area contributed by atoms with Crippen molar-refractivity contribution in [1.29, 1.82) is 0 Å². The van der Waals surface area contributed by atoms with Gasteiger partial charge in [0.25, 0.3) is 5.56 Å². The van der Waals surface area contributed by atoms with Crippen LogP contribution < -0.4 is 10.9 Å². The standard InChI is InChI=1S/C21H27N5O2/c1-3-17(20(27)22-10-13-25-11-6-7-12-25)26-18-9-5-4-8-15(18)16-14-23-24(2)21(28)19(16)26/h4-5,8-9,14,17H,3,6-7,10-13H2,1-2H3,(H,22,27). The minimum Gasteiger partial charge on any atom is -0.353 e. The first-order valence-electron chi connectivity index (χ1n) is 10.1. The number of aryl methyl sites for hydroxylation is 1. The predicted octanol–water partition coefficient (Wildman–Crippen LogP) is 2.05. The molecule has 1 unspecified atom stereocenters. The van der Waals surface area contributed by atoms with Crippen molar-refractivity contribution in [1.82, 2.24) is 24.6 Å². The lowest BCUT2D eigenvalue weighted by molar-refractivity contribution is -0.124. The molecule has 0 bridgehead atoms. The molecule has 1 N–H and O–H groups in total. The number of likely N-dealkylation sites (tertiary alicyclic amines) is 1. The van der Waals surface area contributed by atoms with Crippen LogP contribution in [0.5, 0.6) is 0 Å². The summed E-state index contributed by atoms with van der Waals surface area (Å²) in [6, 6.07) is 7.40. The van der Waals surface area contributed by atoms with Gasteiger partial charge in [0.2, 0.25) is 5.91 Å². The molecule has 1 fully saturated rings. The van der Waals surface area contributed by atoms with Gasteiger partial charge in [0.05, 0.1) is 11.7 Å². The SMILES string of the molecule is CCC(C(=O)NCCN1CCCC1)n1c2ccccc2c2cnn(C)c(=O)c21. The van der Waals surface area contributed by atoms with Crippen molar-refractivity contribution in [2.45, 2.75) is 32.2 Å². The smallest absolute Gasteiger partial charge is 0.291 e. The van der Waals surface area contributed by atoms with Gasteiger partial charge < -0.3 is 14.8 Å². The molecule has 3 aromatic rings. The van der Waals surface area contributed by atoms with E-state index in [1.165, 1.54) is 17.5 Å². The Morgan fingerprint density at radius 2 is 1.96 bits per heavy atom. The first-order valence-corrected chi connectivity index (χ1v) is 10.1. The molecule has 0 aliphatic carbocycles. The Bertz CT molecular complexity index is 1060. The molecule has 1 aliphatic rings. The van der Waals surface area contributed by atoms with Crippen LogP contribution in [0, 0.1) is 0 Å². The highest BCUT2D eigenvalue weighted by atomic mass is 16.2. The maximum absolute atomic E-state index is 13.1. The van der Waals surface area contributed by atoms with Gasteiger partial charge in [0, 0.05) is 30.9 Å². The van der Waals surface area contributed by atoms with Crippen LogP contribution in [0.4, 0.5) is 0 Å². The molecule has 2 aromatic heterocycles. The van der Waals surface area contributed by atoms with E-state index in [9.17, 15) is 9.59 Å². The van der Waals surface area contributed by atoms with Crippen LogP contribution in [0.2, 0.25) is 0 Å². The lowest BCUT2D eigenvalue weighted by Gasteiger charge is -2.21. The Morgan fingerprint density at radius 3 is 2.71 bits per heavy atom. The third-order valence-corrected chi connectivity index (χ3v) is 5.73. The molecule has 7 nitrogen and oxygen atoms in total. The molecule has 1 atom stereocenters. The van der Waals surface area contributed by atoms with Gasteiger partial charge in [-0.15, -0.1) is 0 Å². The zero-order valence-corrected chi connectivity index (χ0v) is 16.5. The van der Waals surface area contributed by atoms with Crippen LogP contribution in [0.25, 0.3) is 21.8 Å². The number of carbonyl (C=O) groups is 1. The Labute approximate surface area is 163 Å². The third-order valence-electron chi connectivity index (χ3n) is 5.73. The Balaban J connectivity index is 1.71. The van der Waals surface area contributed by atoms with E-state index in [2.05, 4.69) is 15.3 Å². The molecule has 1 aromatic carbocycles. The van der Waals surface area contributed by atoms with Crippen LogP contribution in [-0.2, 0) is 11.8 Å². The fourth-order valence-electron chi connectivity index (χ4n) is 4.26. The topological polar surface area (TPSA) is 72.2 Å². The molecule has 148 valence electrons. The Kier molecular flexibility index (Phi) is 5.17. The van der Waals surface area contributed by atoms with Crippen LogP contribution in [0.1, 0.15) is 32.2 Å². The molecule has 28 heavy (non-hydrogen) atoms. The van der Waals surface area contributed by atoms with Crippen LogP contribution in [0.15, 0.2) is 35.3 Å². The van der Waals surface area contributed by atoms with E-state index in [0.717, 1.165) is 35.9 Å². The fourth-order valence-corrected chi connectivity index (χ4v) is 4.26. The molecule has 0 spiro atoms. The number of nitrogens with one attached hydrogen (secondary N) is 1. The number of hydrogen-bond acceptors (Lipinski definition) is 4. The molecule has 7 heteroatoms. The number of carbonyl (C=O) groups excluding carboxylic acids is 1. The van der Waals surface area contributed by atoms with Crippen molar-refractivity contribution < 1.29 is 4.79 Å². The molecule has 1 saturated heterocycles. The highest BCUT2D eigenvalue weighted by Crippen LogP contribution is 2.30. The van der Waals surface area contributed by atoms with Gasteiger partial charge in [-0.1, -0.05) is 25.1 Å². The zero-order valence-electron chi connectivity index (χ0n) is 16.5. The second-order valence-electron chi connectivity index (χ2n) is 7.49. The summed E-state index contributed by atoms with van der Waals surface area (Å²) < 4.78 is 3.23. The number of para-hydroxylation sites is 1. The number of nitrogens with zero attached hydrogens (tertiary/aromatic N) is 4. The second kappa shape index (κ2) is 7.75. The van der Waals surface area contributed by atoms with E-state index in [1.807, 2.05) is 35.8 Å². The highest BCUT2D eigenvalue weighted by molar-refractivity contribution is 6.08. The van der Waals surface area contributed by atoms with E-state index in [0.29, 0.717) is 18.5 Å². The van der Waals surface area contributed by atoms with Crippen molar-refractivity contribution in [2.75, 3.05) is 26.2 Å². The largest absolute Gasteiger partial charge is 0.353 e. The maximum atomic E-state index is 13.1. The first kappa shape index (κ1) is 18.7. The number of fused-ring (bicyclic) bond motifs is 3. The van der Waals surface area contributed by atoms with Crippen LogP contribution >= 0.6 is 0 Å². The number of hydrogen-bond donors (Lipinski definition) is 1. The van der Waals surface area contributed by atoms with Gasteiger partial charge in [-0.05, 0) is 38.4 Å². The number of amides is 1. The summed E-state index contributed by atoms with van der Waals surface area (Å²) in [6.07, 6.45) is 4.80. The summed E-state index contributed by atoms with van der Waals surface area (Å²) in [5, 5.41) is 9.01. The number of rotatable bonds is 6. The molecular formula is C21H27N5O2. The lowest BCUT2D eigenvalue weighted by atomic mass is 10.2. The average molecular weight is 381 g/mol. The molecular weight excluding hydrogens is 354 g/mol. The van der Waals surface area contributed by atoms with E-state index in [1.54, 1.807) is 13.2 Å². The van der Waals surface area contributed by atoms with Crippen molar-refractivity contribution in [3.8, 4) is 0 Å². The van der Waals surface area contributed by atoms with E-state index >= 15 is 0 Å². The quantitative estimate of drug-likeness (QED) is 0.709. The van der Waals surface area contributed by atoms with E-state index in [4.69, 9.17) is 0 Å². The fraction of sp³-hybridized carbons (Fsp3) is 0.476. The molecule has 1 aliphatic heterocycles. The van der Waals surface area contributed by atoms with Crippen LogP contribution in [0.3, 0.4) is 0 Å². The summed E-state index contributed by atoms with van der Waals surface area (Å²) in [7, 11) is 1.64. The Morgan fingerprint density at radius 1 is 1.21 bits per heavy atom. The minimum atomic E-state index is -0.434. The summed E-state index contributed by atoms with van der Waals surface area (Å²) in [5.74, 6) is -0.0387. The van der Waals surface area contributed by atoms with Crippen molar-refractivity contribution in [3.63, 3.8) is 0 Å². The summed E-state index contributed by atoms with van der Waals surface area (Å²) in [6.45, 7) is 5.72. The molecule has 3 heterocycles. The van der Waals surface area contributed by atoms with Crippen molar-refractivity contribution in [3.05, 3.63) is 40.8 Å². The maximum Gasteiger partial charge on any atom is 0.291 e. The van der Waals surface area contributed by atoms with Crippen molar-refractivity contribution >= 4 is 27.7 Å². The van der Waals surface area contributed by atoms with Gasteiger partial charge in [-0.2, -0.15) is 5.10 Å².